The Morgan fingerprint density at radius 3 is 2.74 bits per heavy atom. The molecular formula is C13H18N4O2. The molecule has 0 aliphatic carbocycles. The van der Waals surface area contributed by atoms with Crippen molar-refractivity contribution in [1.29, 1.82) is 0 Å². The molecule has 6 heteroatoms. The summed E-state index contributed by atoms with van der Waals surface area (Å²) in [5.41, 5.74) is 0.758. The van der Waals surface area contributed by atoms with Crippen molar-refractivity contribution >= 4 is 17.4 Å². The summed E-state index contributed by atoms with van der Waals surface area (Å²) in [6.07, 6.45) is 1.72. The molecule has 0 aromatic carbocycles. The van der Waals surface area contributed by atoms with E-state index in [4.69, 9.17) is 4.74 Å². The van der Waals surface area contributed by atoms with Crippen molar-refractivity contribution in [3.8, 4) is 0 Å². The highest BCUT2D eigenvalue weighted by atomic mass is 16.5. The predicted molar refractivity (Wildman–Crippen MR) is 72.3 cm³/mol. The second kappa shape index (κ2) is 5.54. The van der Waals surface area contributed by atoms with Crippen LogP contribution in [0, 0.1) is 5.92 Å². The maximum absolute atomic E-state index is 11.8. The lowest BCUT2D eigenvalue weighted by atomic mass is 10.0. The molecule has 0 unspecified atom stereocenters. The molecule has 6 nitrogen and oxygen atoms in total. The van der Waals surface area contributed by atoms with Gasteiger partial charge in [-0.3, -0.25) is 4.79 Å². The van der Waals surface area contributed by atoms with E-state index < -0.39 is 0 Å². The number of hydrogen-bond acceptors (Lipinski definition) is 5. The van der Waals surface area contributed by atoms with Crippen LogP contribution in [0.2, 0.25) is 0 Å². The largest absolute Gasteiger partial charge is 0.378 e. The molecule has 1 aromatic rings. The first kappa shape index (κ1) is 12.4. The third-order valence-corrected chi connectivity index (χ3v) is 3.50. The zero-order chi connectivity index (χ0) is 13.1. The van der Waals surface area contributed by atoms with Gasteiger partial charge in [-0.15, -0.1) is 0 Å². The van der Waals surface area contributed by atoms with Crippen molar-refractivity contribution in [2.45, 2.75) is 0 Å². The number of rotatable bonds is 3. The van der Waals surface area contributed by atoms with Crippen LogP contribution in [-0.4, -0.2) is 50.3 Å². The summed E-state index contributed by atoms with van der Waals surface area (Å²) in [6, 6.07) is 3.85. The molecule has 0 spiro atoms. The van der Waals surface area contributed by atoms with Gasteiger partial charge in [-0.1, -0.05) is 0 Å². The second-order valence-electron chi connectivity index (χ2n) is 4.85. The van der Waals surface area contributed by atoms with Crippen molar-refractivity contribution < 1.29 is 9.53 Å². The Balaban J connectivity index is 1.59. The fourth-order valence-corrected chi connectivity index (χ4v) is 2.16. The van der Waals surface area contributed by atoms with Gasteiger partial charge in [-0.2, -0.15) is 0 Å². The molecule has 0 bridgehead atoms. The van der Waals surface area contributed by atoms with Crippen molar-refractivity contribution in [2.24, 2.45) is 5.92 Å². The zero-order valence-corrected chi connectivity index (χ0v) is 10.8. The summed E-state index contributed by atoms with van der Waals surface area (Å²) in [5, 5.41) is 5.97. The van der Waals surface area contributed by atoms with Crippen LogP contribution < -0.4 is 15.5 Å². The zero-order valence-electron chi connectivity index (χ0n) is 10.8. The summed E-state index contributed by atoms with van der Waals surface area (Å²) >= 11 is 0. The summed E-state index contributed by atoms with van der Waals surface area (Å²) in [5.74, 6) is 1.10. The van der Waals surface area contributed by atoms with E-state index in [2.05, 4.69) is 20.5 Å². The minimum atomic E-state index is 0.0691. The van der Waals surface area contributed by atoms with E-state index >= 15 is 0 Å². The summed E-state index contributed by atoms with van der Waals surface area (Å²) in [4.78, 5) is 18.4. The maximum Gasteiger partial charge on any atom is 0.230 e. The van der Waals surface area contributed by atoms with Crippen LogP contribution in [0.3, 0.4) is 0 Å². The molecule has 2 fully saturated rings. The molecule has 3 heterocycles. The number of ether oxygens (including phenoxy) is 1. The Bertz CT molecular complexity index is 438. The van der Waals surface area contributed by atoms with Crippen LogP contribution in [0.4, 0.5) is 11.5 Å². The fraction of sp³-hybridized carbons (Fsp3) is 0.538. The number of carbonyl (C=O) groups excluding carboxylic acids is 1. The van der Waals surface area contributed by atoms with Gasteiger partial charge in [-0.25, -0.2) is 4.98 Å². The number of morpholine rings is 1. The molecule has 1 aromatic heterocycles. The first-order valence-electron chi connectivity index (χ1n) is 6.63. The Labute approximate surface area is 112 Å². The predicted octanol–water partition coefficient (Wildman–Crippen LogP) is 0.0761. The van der Waals surface area contributed by atoms with Crippen molar-refractivity contribution in [1.82, 2.24) is 10.3 Å². The minimum Gasteiger partial charge on any atom is -0.378 e. The maximum atomic E-state index is 11.8. The van der Waals surface area contributed by atoms with Crippen LogP contribution in [0.25, 0.3) is 0 Å². The van der Waals surface area contributed by atoms with Gasteiger partial charge in [0, 0.05) is 26.2 Å². The number of nitrogens with one attached hydrogen (secondary N) is 2. The SMILES string of the molecule is O=C(Nc1ccc(N2CCOCC2)nc1)C1CNC1. The highest BCUT2D eigenvalue weighted by molar-refractivity contribution is 5.93. The van der Waals surface area contributed by atoms with Gasteiger partial charge in [0.15, 0.2) is 0 Å². The average molecular weight is 262 g/mol. The molecule has 0 radical (unpaired) electrons. The number of pyridine rings is 1. The Hall–Kier alpha value is -1.66. The number of nitrogens with zero attached hydrogens (tertiary/aromatic N) is 2. The van der Waals surface area contributed by atoms with Crippen LogP contribution in [0.5, 0.6) is 0 Å². The molecule has 2 aliphatic rings. The van der Waals surface area contributed by atoms with Crippen LogP contribution >= 0.6 is 0 Å². The Morgan fingerprint density at radius 1 is 1.37 bits per heavy atom. The van der Waals surface area contributed by atoms with Gasteiger partial charge in [0.25, 0.3) is 0 Å². The van der Waals surface area contributed by atoms with Gasteiger partial charge < -0.3 is 20.3 Å². The first-order valence-corrected chi connectivity index (χ1v) is 6.63. The Kier molecular flexibility index (Phi) is 3.61. The number of anilines is 2. The highest BCUT2D eigenvalue weighted by Crippen LogP contribution is 2.16. The number of carbonyl (C=O) groups is 1. The lowest BCUT2D eigenvalue weighted by molar-refractivity contribution is -0.121. The molecular weight excluding hydrogens is 244 g/mol. The number of hydrogen-bond donors (Lipinski definition) is 2. The number of amides is 1. The molecule has 0 saturated carbocycles. The molecule has 2 N–H and O–H groups in total. The summed E-state index contributed by atoms with van der Waals surface area (Å²) in [6.45, 7) is 4.76. The first-order chi connectivity index (χ1) is 9.33. The molecule has 1 amide bonds. The minimum absolute atomic E-state index is 0.0691. The molecule has 102 valence electrons. The summed E-state index contributed by atoms with van der Waals surface area (Å²) < 4.78 is 5.31. The molecule has 2 saturated heterocycles. The van der Waals surface area contributed by atoms with Gasteiger partial charge >= 0.3 is 0 Å². The van der Waals surface area contributed by atoms with Crippen molar-refractivity contribution in [3.63, 3.8) is 0 Å². The Morgan fingerprint density at radius 2 is 2.16 bits per heavy atom. The average Bonchev–Trinajstić information content (AvgIpc) is 2.38. The van der Waals surface area contributed by atoms with Crippen molar-refractivity contribution in [3.05, 3.63) is 18.3 Å². The van der Waals surface area contributed by atoms with Crippen LogP contribution in [0.1, 0.15) is 0 Å². The normalized spacial score (nSPS) is 19.9. The van der Waals surface area contributed by atoms with E-state index in [1.807, 2.05) is 12.1 Å². The van der Waals surface area contributed by atoms with Gasteiger partial charge in [0.2, 0.25) is 5.91 Å². The van der Waals surface area contributed by atoms with E-state index in [1.165, 1.54) is 0 Å². The summed E-state index contributed by atoms with van der Waals surface area (Å²) in [7, 11) is 0. The van der Waals surface area contributed by atoms with E-state index in [0.29, 0.717) is 0 Å². The van der Waals surface area contributed by atoms with Gasteiger partial charge in [0.05, 0.1) is 31.0 Å². The van der Waals surface area contributed by atoms with Gasteiger partial charge in [0.1, 0.15) is 5.82 Å². The van der Waals surface area contributed by atoms with Crippen LogP contribution in [-0.2, 0) is 9.53 Å². The smallest absolute Gasteiger partial charge is 0.230 e. The highest BCUT2D eigenvalue weighted by Gasteiger charge is 2.24. The van der Waals surface area contributed by atoms with E-state index in [9.17, 15) is 4.79 Å². The molecule has 19 heavy (non-hydrogen) atoms. The van der Waals surface area contributed by atoms with E-state index in [0.717, 1.165) is 50.9 Å². The van der Waals surface area contributed by atoms with Crippen molar-refractivity contribution in [2.75, 3.05) is 49.6 Å². The lowest BCUT2D eigenvalue weighted by Crippen LogP contribution is -2.48. The molecule has 2 aliphatic heterocycles. The second-order valence-corrected chi connectivity index (χ2v) is 4.85. The standard InChI is InChI=1S/C13H18N4O2/c18-13(10-7-14-8-10)16-11-1-2-12(15-9-11)17-3-5-19-6-4-17/h1-2,9-10,14H,3-8H2,(H,16,18). The molecule has 3 rings (SSSR count). The quantitative estimate of drug-likeness (QED) is 0.807. The fourth-order valence-electron chi connectivity index (χ4n) is 2.16. The van der Waals surface area contributed by atoms with E-state index in [1.54, 1.807) is 6.20 Å². The monoisotopic (exact) mass is 262 g/mol. The third kappa shape index (κ3) is 2.85. The third-order valence-electron chi connectivity index (χ3n) is 3.50. The van der Waals surface area contributed by atoms with Gasteiger partial charge in [-0.05, 0) is 12.1 Å². The topological polar surface area (TPSA) is 66.5 Å². The molecule has 0 atom stereocenters. The van der Waals surface area contributed by atoms with Crippen LogP contribution in [0.15, 0.2) is 18.3 Å². The number of aromatic nitrogens is 1. The lowest BCUT2D eigenvalue weighted by Gasteiger charge is -2.28. The van der Waals surface area contributed by atoms with E-state index in [-0.39, 0.29) is 11.8 Å².